The van der Waals surface area contributed by atoms with E-state index in [9.17, 15) is 14.4 Å². The van der Waals surface area contributed by atoms with Crippen molar-refractivity contribution in [2.24, 2.45) is 49.7 Å². The van der Waals surface area contributed by atoms with Crippen LogP contribution in [0.25, 0.3) is 0 Å². The second-order valence-corrected chi connectivity index (χ2v) is 23.6. The number of hydrogen-bond donors (Lipinski definition) is 1. The van der Waals surface area contributed by atoms with Gasteiger partial charge in [0, 0.05) is 13.2 Å². The fourth-order valence-corrected chi connectivity index (χ4v) is 8.75. The van der Waals surface area contributed by atoms with Crippen molar-refractivity contribution in [2.75, 3.05) is 47.1 Å². The Bertz CT molecular complexity index is 1210. The van der Waals surface area contributed by atoms with Crippen LogP contribution in [-0.2, 0) is 28.6 Å². The maximum absolute atomic E-state index is 13.9. The highest BCUT2D eigenvalue weighted by atomic mass is 16.5. The van der Waals surface area contributed by atoms with E-state index in [1.165, 1.54) is 0 Å². The van der Waals surface area contributed by atoms with E-state index in [0.717, 1.165) is 89.9 Å². The summed E-state index contributed by atoms with van der Waals surface area (Å²) in [5.74, 6) is -0.674. The Morgan fingerprint density at radius 2 is 1.00 bits per heavy atom. The third-order valence-electron chi connectivity index (χ3n) is 13.8. The van der Waals surface area contributed by atoms with Crippen molar-refractivity contribution in [3.63, 3.8) is 0 Å². The predicted octanol–water partition coefficient (Wildman–Crippen LogP) is 13.9. The van der Waals surface area contributed by atoms with Crippen molar-refractivity contribution in [2.45, 2.75) is 227 Å². The Morgan fingerprint density at radius 3 is 1.43 bits per heavy atom. The van der Waals surface area contributed by atoms with E-state index >= 15 is 0 Å². The molecule has 0 fully saturated rings. The number of likely N-dealkylation sites (N-methyl/N-ethyl adjacent to an activating group) is 1. The van der Waals surface area contributed by atoms with Crippen LogP contribution >= 0.6 is 0 Å². The van der Waals surface area contributed by atoms with Gasteiger partial charge in [0.05, 0.1) is 30.5 Å². The molecule has 364 valence electrons. The molecular formula is C53H105NO7. The monoisotopic (exact) mass is 868 g/mol. The third kappa shape index (κ3) is 24.3. The maximum Gasteiger partial charge on any atom is 0.312 e. The molecule has 61 heavy (non-hydrogen) atoms. The van der Waals surface area contributed by atoms with Gasteiger partial charge < -0.3 is 24.2 Å². The summed E-state index contributed by atoms with van der Waals surface area (Å²) in [4.78, 5) is 43.0. The molecule has 0 saturated carbocycles. The molecule has 0 heterocycles. The fraction of sp³-hybridized carbons (Fsp3) is 0.943. The first kappa shape index (κ1) is 61.4. The summed E-state index contributed by atoms with van der Waals surface area (Å²) < 4.78 is 17.6. The average Bonchev–Trinajstić information content (AvgIpc) is 3.14. The van der Waals surface area contributed by atoms with Gasteiger partial charge >= 0.3 is 17.9 Å². The summed E-state index contributed by atoms with van der Waals surface area (Å²) in [7, 11) is 3.99. The molecule has 3 unspecified atom stereocenters. The second-order valence-electron chi connectivity index (χ2n) is 23.6. The van der Waals surface area contributed by atoms with Crippen molar-refractivity contribution in [1.29, 1.82) is 0 Å². The van der Waals surface area contributed by atoms with Crippen LogP contribution in [0.1, 0.15) is 227 Å². The molecule has 0 rings (SSSR count). The van der Waals surface area contributed by atoms with Crippen molar-refractivity contribution in [3.05, 3.63) is 0 Å². The van der Waals surface area contributed by atoms with Crippen LogP contribution in [0.5, 0.6) is 0 Å². The van der Waals surface area contributed by atoms with Crippen molar-refractivity contribution in [3.8, 4) is 0 Å². The van der Waals surface area contributed by atoms with Crippen LogP contribution in [0, 0.1) is 49.7 Å². The number of carbonyl (C=O) groups is 3. The number of unbranched alkanes of at least 4 members (excludes halogenated alkanes) is 4. The maximum atomic E-state index is 13.9. The Morgan fingerprint density at radius 1 is 0.557 bits per heavy atom. The standard InChI is InChI=1S/C51H99NO7.C2H6/c1-19-21-34-57-43(55)41(38-46(6,7)28-22-24-30-48(10,11)40(37-45(3,4)5)42(54)58-35-27-26-33-53)49(12,13)31-25-23-29-47(8,9)39-51(16,50(14,15)20-2)44(56)59-36-32-52(17)18;1-2/h40-41,53H,19-39H2,1-18H3;1-2H3. The van der Waals surface area contributed by atoms with Crippen LogP contribution in [0.15, 0.2) is 0 Å². The van der Waals surface area contributed by atoms with E-state index in [4.69, 9.17) is 19.3 Å². The Balaban J connectivity index is 0. The number of hydrogen-bond acceptors (Lipinski definition) is 8. The zero-order valence-corrected chi connectivity index (χ0v) is 44.3. The van der Waals surface area contributed by atoms with Gasteiger partial charge in [-0.15, -0.1) is 0 Å². The minimum atomic E-state index is -0.605. The van der Waals surface area contributed by atoms with Crippen LogP contribution < -0.4 is 0 Å². The quantitative estimate of drug-likeness (QED) is 0.0405. The lowest BCUT2D eigenvalue weighted by molar-refractivity contribution is -0.166. The lowest BCUT2D eigenvalue weighted by Crippen LogP contribution is -2.46. The molecule has 0 aromatic carbocycles. The third-order valence-corrected chi connectivity index (χ3v) is 13.8. The zero-order chi connectivity index (χ0) is 47.9. The van der Waals surface area contributed by atoms with E-state index in [-0.39, 0.29) is 68.8 Å². The predicted molar refractivity (Wildman–Crippen MR) is 259 cm³/mol. The Kier molecular flexibility index (Phi) is 28.5. The summed E-state index contributed by atoms with van der Waals surface area (Å²) in [6, 6.07) is 0. The van der Waals surface area contributed by atoms with Crippen molar-refractivity contribution < 1.29 is 33.7 Å². The van der Waals surface area contributed by atoms with Gasteiger partial charge in [-0.05, 0) is 124 Å². The van der Waals surface area contributed by atoms with Gasteiger partial charge in [-0.2, -0.15) is 0 Å². The van der Waals surface area contributed by atoms with Crippen molar-refractivity contribution >= 4 is 17.9 Å². The van der Waals surface area contributed by atoms with Crippen molar-refractivity contribution in [1.82, 2.24) is 4.90 Å². The number of aliphatic hydroxyl groups is 1. The first-order valence-electron chi connectivity index (χ1n) is 24.7. The van der Waals surface area contributed by atoms with Crippen LogP contribution in [0.2, 0.25) is 0 Å². The number of esters is 3. The lowest BCUT2D eigenvalue weighted by Gasteiger charge is -2.46. The van der Waals surface area contributed by atoms with Gasteiger partial charge in [0.25, 0.3) is 0 Å². The lowest BCUT2D eigenvalue weighted by atomic mass is 9.58. The number of carbonyl (C=O) groups excluding carboxylic acids is 3. The van der Waals surface area contributed by atoms with E-state index in [1.807, 2.05) is 32.8 Å². The molecule has 8 nitrogen and oxygen atoms in total. The SMILES string of the molecule is CC.CCCCOC(=O)C(CC(C)(C)CCCCC(C)(C)C(CC(C)(C)C)C(=O)OCCCCO)C(C)(C)CCCCC(C)(C)CC(C)(C(=O)OCCN(C)C)C(C)(C)CC. The highest BCUT2D eigenvalue weighted by Crippen LogP contribution is 2.51. The van der Waals surface area contributed by atoms with Crippen LogP contribution in [-0.4, -0.2) is 75.0 Å². The van der Waals surface area contributed by atoms with E-state index in [2.05, 4.69) is 111 Å². The summed E-state index contributed by atoms with van der Waals surface area (Å²) in [6.45, 7) is 41.5. The van der Waals surface area contributed by atoms with Crippen LogP contribution in [0.3, 0.4) is 0 Å². The summed E-state index contributed by atoms with van der Waals surface area (Å²) in [5.41, 5.74) is -1.40. The molecule has 0 aromatic rings. The first-order chi connectivity index (χ1) is 27.9. The minimum absolute atomic E-state index is 0.00756. The van der Waals surface area contributed by atoms with E-state index in [0.29, 0.717) is 39.2 Å². The van der Waals surface area contributed by atoms with Gasteiger partial charge in [-0.25, -0.2) is 0 Å². The van der Waals surface area contributed by atoms with Gasteiger partial charge in [0.2, 0.25) is 0 Å². The number of aliphatic hydroxyl groups excluding tert-OH is 1. The molecular weight excluding hydrogens is 763 g/mol. The smallest absolute Gasteiger partial charge is 0.312 e. The van der Waals surface area contributed by atoms with Gasteiger partial charge in [-0.1, -0.05) is 150 Å². The molecule has 8 heteroatoms. The molecule has 0 aliphatic heterocycles. The minimum Gasteiger partial charge on any atom is -0.465 e. The van der Waals surface area contributed by atoms with Gasteiger partial charge in [0.1, 0.15) is 6.61 Å². The van der Waals surface area contributed by atoms with Gasteiger partial charge in [0.15, 0.2) is 0 Å². The average molecular weight is 868 g/mol. The zero-order valence-electron chi connectivity index (χ0n) is 44.3. The molecule has 0 bridgehead atoms. The molecule has 0 aliphatic rings. The molecule has 1 N–H and O–H groups in total. The van der Waals surface area contributed by atoms with Crippen LogP contribution in [0.4, 0.5) is 0 Å². The summed E-state index contributed by atoms with van der Waals surface area (Å²) >= 11 is 0. The van der Waals surface area contributed by atoms with E-state index in [1.54, 1.807) is 0 Å². The molecule has 0 amide bonds. The summed E-state index contributed by atoms with van der Waals surface area (Å²) in [5, 5.41) is 9.15. The molecule has 0 radical (unpaired) electrons. The summed E-state index contributed by atoms with van der Waals surface area (Å²) in [6.07, 6.45) is 14.3. The molecule has 0 spiro atoms. The first-order valence-corrected chi connectivity index (χ1v) is 24.7. The highest BCUT2D eigenvalue weighted by Gasteiger charge is 2.50. The highest BCUT2D eigenvalue weighted by molar-refractivity contribution is 5.77. The number of nitrogens with zero attached hydrogens (tertiary/aromatic N) is 1. The van der Waals surface area contributed by atoms with E-state index < -0.39 is 5.41 Å². The Hall–Kier alpha value is -1.67. The molecule has 0 aromatic heterocycles. The topological polar surface area (TPSA) is 102 Å². The number of rotatable bonds is 32. The molecule has 3 atom stereocenters. The largest absolute Gasteiger partial charge is 0.465 e. The normalized spacial score (nSPS) is 15.0. The molecule has 0 aliphatic carbocycles. The number of ether oxygens (including phenoxy) is 3. The molecule has 0 saturated heterocycles. The second kappa shape index (κ2) is 28.3. The Labute approximate surface area is 379 Å². The fourth-order valence-electron chi connectivity index (χ4n) is 8.75. The van der Waals surface area contributed by atoms with Gasteiger partial charge in [-0.3, -0.25) is 14.4 Å².